The SMILES string of the molecule is C=CCN(C(=O)OC(C)(C)C)[C@@H]1CCN(C(=O)OC2C3CC4C[C@H]2CC(C(N)=O)(C4)C3)C1. The van der Waals surface area contributed by atoms with Crippen LogP contribution in [0.25, 0.3) is 0 Å². The maximum atomic E-state index is 13.0. The van der Waals surface area contributed by atoms with Gasteiger partial charge in [0.25, 0.3) is 0 Å². The fourth-order valence-electron chi connectivity index (χ4n) is 6.66. The molecule has 0 spiro atoms. The zero-order chi connectivity index (χ0) is 23.3. The van der Waals surface area contributed by atoms with Crippen molar-refractivity contribution in [3.63, 3.8) is 0 Å². The number of nitrogens with zero attached hydrogens (tertiary/aromatic N) is 2. The first-order chi connectivity index (χ1) is 15.0. The van der Waals surface area contributed by atoms with Crippen molar-refractivity contribution in [1.29, 1.82) is 0 Å². The molecule has 4 bridgehead atoms. The van der Waals surface area contributed by atoms with E-state index in [1.807, 2.05) is 20.8 Å². The van der Waals surface area contributed by atoms with Gasteiger partial charge in [0, 0.05) is 19.6 Å². The smallest absolute Gasteiger partial charge is 0.410 e. The van der Waals surface area contributed by atoms with Crippen LogP contribution < -0.4 is 5.73 Å². The Hall–Kier alpha value is -2.25. The van der Waals surface area contributed by atoms with Crippen molar-refractivity contribution in [3.05, 3.63) is 12.7 Å². The van der Waals surface area contributed by atoms with E-state index in [-0.39, 0.29) is 36.0 Å². The van der Waals surface area contributed by atoms with Gasteiger partial charge in [-0.2, -0.15) is 0 Å². The molecule has 1 saturated heterocycles. The molecule has 5 rings (SSSR count). The second-order valence-corrected chi connectivity index (χ2v) is 11.3. The van der Waals surface area contributed by atoms with E-state index in [0.717, 1.165) is 32.1 Å². The van der Waals surface area contributed by atoms with Crippen LogP contribution in [0, 0.1) is 23.2 Å². The van der Waals surface area contributed by atoms with Crippen LogP contribution >= 0.6 is 0 Å². The van der Waals surface area contributed by atoms with Crippen molar-refractivity contribution in [2.75, 3.05) is 19.6 Å². The van der Waals surface area contributed by atoms with E-state index in [0.29, 0.717) is 32.0 Å². The molecular weight excluding hydrogens is 410 g/mol. The number of carbonyl (C=O) groups is 3. The number of carbonyl (C=O) groups excluding carboxylic acids is 3. The monoisotopic (exact) mass is 447 g/mol. The second-order valence-electron chi connectivity index (χ2n) is 11.3. The zero-order valence-electron chi connectivity index (χ0n) is 19.5. The van der Waals surface area contributed by atoms with Crippen LogP contribution in [0.5, 0.6) is 0 Å². The molecule has 0 aromatic carbocycles. The lowest BCUT2D eigenvalue weighted by molar-refractivity contribution is -0.161. The first-order valence-electron chi connectivity index (χ1n) is 11.9. The normalized spacial score (nSPS) is 35.5. The van der Waals surface area contributed by atoms with Crippen molar-refractivity contribution in [3.8, 4) is 0 Å². The lowest BCUT2D eigenvalue weighted by Gasteiger charge is -2.58. The summed E-state index contributed by atoms with van der Waals surface area (Å²) in [6, 6.07) is -0.132. The molecule has 2 N–H and O–H groups in total. The maximum absolute atomic E-state index is 13.0. The minimum absolute atomic E-state index is 0.132. The third-order valence-corrected chi connectivity index (χ3v) is 7.76. The molecule has 5 fully saturated rings. The lowest BCUT2D eigenvalue weighted by atomic mass is 9.48. The van der Waals surface area contributed by atoms with Gasteiger partial charge < -0.3 is 20.1 Å². The summed E-state index contributed by atoms with van der Waals surface area (Å²) < 4.78 is 11.6. The van der Waals surface area contributed by atoms with Gasteiger partial charge in [-0.3, -0.25) is 9.69 Å². The van der Waals surface area contributed by atoms with Crippen molar-refractivity contribution < 1.29 is 23.9 Å². The summed E-state index contributed by atoms with van der Waals surface area (Å²) in [6.07, 6.45) is 5.89. The molecule has 4 unspecified atom stereocenters. The average Bonchev–Trinajstić information content (AvgIpc) is 3.16. The highest BCUT2D eigenvalue weighted by molar-refractivity contribution is 5.81. The number of amides is 3. The summed E-state index contributed by atoms with van der Waals surface area (Å²) in [5, 5.41) is 0. The van der Waals surface area contributed by atoms with Gasteiger partial charge in [-0.15, -0.1) is 6.58 Å². The summed E-state index contributed by atoms with van der Waals surface area (Å²) in [7, 11) is 0. The Morgan fingerprint density at radius 1 is 1.19 bits per heavy atom. The van der Waals surface area contributed by atoms with Gasteiger partial charge in [0.05, 0.1) is 11.5 Å². The Bertz CT molecular complexity index is 775. The van der Waals surface area contributed by atoms with Gasteiger partial charge in [-0.1, -0.05) is 6.08 Å². The minimum Gasteiger partial charge on any atom is -0.446 e. The molecule has 4 aliphatic carbocycles. The van der Waals surface area contributed by atoms with E-state index in [1.165, 1.54) is 0 Å². The number of hydrogen-bond acceptors (Lipinski definition) is 5. The molecule has 1 heterocycles. The van der Waals surface area contributed by atoms with Gasteiger partial charge in [0.1, 0.15) is 11.7 Å². The minimum atomic E-state index is -0.588. The third kappa shape index (κ3) is 4.33. The quantitative estimate of drug-likeness (QED) is 0.652. The van der Waals surface area contributed by atoms with E-state index in [9.17, 15) is 14.4 Å². The third-order valence-electron chi connectivity index (χ3n) is 7.76. The van der Waals surface area contributed by atoms with Gasteiger partial charge >= 0.3 is 12.2 Å². The van der Waals surface area contributed by atoms with Gasteiger partial charge in [-0.05, 0) is 77.0 Å². The molecule has 8 nitrogen and oxygen atoms in total. The fourth-order valence-corrected chi connectivity index (χ4v) is 6.66. The molecule has 8 heteroatoms. The van der Waals surface area contributed by atoms with Gasteiger partial charge in [-0.25, -0.2) is 9.59 Å². The Balaban J connectivity index is 1.37. The highest BCUT2D eigenvalue weighted by Gasteiger charge is 2.59. The van der Waals surface area contributed by atoms with Crippen LogP contribution in [0.1, 0.15) is 59.3 Å². The Kier molecular flexibility index (Phi) is 5.92. The first-order valence-corrected chi connectivity index (χ1v) is 11.9. The number of nitrogens with two attached hydrogens (primary N) is 1. The van der Waals surface area contributed by atoms with Crippen LogP contribution in [-0.4, -0.2) is 65.3 Å². The number of rotatable bonds is 5. The summed E-state index contributed by atoms with van der Waals surface area (Å²) in [5.74, 6) is 0.770. The second kappa shape index (κ2) is 8.27. The van der Waals surface area contributed by atoms with E-state index < -0.39 is 17.1 Å². The van der Waals surface area contributed by atoms with Crippen molar-refractivity contribution in [2.24, 2.45) is 28.9 Å². The molecule has 4 saturated carbocycles. The predicted molar refractivity (Wildman–Crippen MR) is 119 cm³/mol. The molecule has 32 heavy (non-hydrogen) atoms. The largest absolute Gasteiger partial charge is 0.446 e. The highest BCUT2D eigenvalue weighted by atomic mass is 16.6. The topological polar surface area (TPSA) is 102 Å². The molecule has 0 aromatic heterocycles. The van der Waals surface area contributed by atoms with E-state index in [2.05, 4.69) is 6.58 Å². The number of likely N-dealkylation sites (tertiary alicyclic amines) is 1. The predicted octanol–water partition coefficient (Wildman–Crippen LogP) is 3.30. The molecule has 6 atom stereocenters. The van der Waals surface area contributed by atoms with E-state index in [1.54, 1.807) is 15.9 Å². The number of ether oxygens (including phenoxy) is 2. The van der Waals surface area contributed by atoms with Crippen LogP contribution in [0.3, 0.4) is 0 Å². The summed E-state index contributed by atoms with van der Waals surface area (Å²) in [5.41, 5.74) is 4.78. The Labute approximate surface area is 190 Å². The fraction of sp³-hybridized carbons (Fsp3) is 0.792. The molecule has 3 amide bonds. The molecule has 178 valence electrons. The van der Waals surface area contributed by atoms with Crippen LogP contribution in [-0.2, 0) is 14.3 Å². The number of primary amides is 1. The molecule has 5 aliphatic rings. The van der Waals surface area contributed by atoms with E-state index >= 15 is 0 Å². The Morgan fingerprint density at radius 3 is 2.41 bits per heavy atom. The van der Waals surface area contributed by atoms with Crippen LogP contribution in [0.15, 0.2) is 12.7 Å². The summed E-state index contributed by atoms with van der Waals surface area (Å²) >= 11 is 0. The summed E-state index contributed by atoms with van der Waals surface area (Å²) in [6.45, 7) is 10.6. The average molecular weight is 448 g/mol. The lowest BCUT2D eigenvalue weighted by Crippen LogP contribution is -2.59. The van der Waals surface area contributed by atoms with Crippen LogP contribution in [0.2, 0.25) is 0 Å². The first kappa shape index (κ1) is 22.9. The highest BCUT2D eigenvalue weighted by Crippen LogP contribution is 2.60. The van der Waals surface area contributed by atoms with Gasteiger partial charge in [0.2, 0.25) is 5.91 Å². The van der Waals surface area contributed by atoms with Crippen LogP contribution in [0.4, 0.5) is 9.59 Å². The number of hydrogen-bond donors (Lipinski definition) is 1. The van der Waals surface area contributed by atoms with Gasteiger partial charge in [0.15, 0.2) is 0 Å². The van der Waals surface area contributed by atoms with Crippen molar-refractivity contribution >= 4 is 18.1 Å². The zero-order valence-corrected chi connectivity index (χ0v) is 19.5. The van der Waals surface area contributed by atoms with E-state index in [4.69, 9.17) is 15.2 Å². The Morgan fingerprint density at radius 2 is 1.84 bits per heavy atom. The summed E-state index contributed by atoms with van der Waals surface area (Å²) in [4.78, 5) is 41.2. The molecular formula is C24H37N3O5. The van der Waals surface area contributed by atoms with Crippen molar-refractivity contribution in [2.45, 2.75) is 77.0 Å². The van der Waals surface area contributed by atoms with Crippen molar-refractivity contribution in [1.82, 2.24) is 9.80 Å². The molecule has 0 radical (unpaired) electrons. The maximum Gasteiger partial charge on any atom is 0.410 e. The molecule has 0 aromatic rings. The molecule has 1 aliphatic heterocycles. The standard InChI is InChI=1S/C24H37N3O5/c1-5-7-27(22(30)32-23(2,3)4)18-6-8-26(14-18)21(29)31-19-16-9-15-10-17(19)13-24(11-15,12-16)20(25)28/h5,15-19H,1,6-14H2,2-4H3,(H2,25,28)/t15?,16-,17?,18+,19?,24?/m0/s1.